The number of rotatable bonds is 12. The van der Waals surface area contributed by atoms with Gasteiger partial charge in [0.1, 0.15) is 5.82 Å². The molecule has 0 radical (unpaired) electrons. The molecule has 2 aromatic rings. The number of hydrogen-bond acceptors (Lipinski definition) is 7. The van der Waals surface area contributed by atoms with Gasteiger partial charge in [0, 0.05) is 43.0 Å². The molecule has 1 saturated heterocycles. The molecule has 0 saturated carbocycles. The Bertz CT molecular complexity index is 1060. The van der Waals surface area contributed by atoms with Crippen LogP contribution in [0.2, 0.25) is 0 Å². The van der Waals surface area contributed by atoms with E-state index >= 15 is 0 Å². The Labute approximate surface area is 220 Å². The molecule has 1 amide bonds. The SMILES string of the molecule is CCOC(=O)C(CCCCN1C(=O)[C@@H](CCc2ccc3c(n2)NCCC3)CC1C)c1ccc(OC)nc1. The maximum absolute atomic E-state index is 13.2. The number of unbranched alkanes of at least 4 members (excludes halogenated alkanes) is 1. The van der Waals surface area contributed by atoms with E-state index in [2.05, 4.69) is 29.4 Å². The molecule has 8 heteroatoms. The number of likely N-dealkylation sites (tertiary alicyclic amines) is 1. The first kappa shape index (κ1) is 26.9. The summed E-state index contributed by atoms with van der Waals surface area (Å²) in [6.07, 6.45) is 8.80. The molecule has 2 unspecified atom stereocenters. The van der Waals surface area contributed by atoms with Gasteiger partial charge in [0.05, 0.1) is 19.6 Å². The maximum Gasteiger partial charge on any atom is 0.313 e. The summed E-state index contributed by atoms with van der Waals surface area (Å²) >= 11 is 0. The van der Waals surface area contributed by atoms with Gasteiger partial charge in [0.25, 0.3) is 0 Å². The highest BCUT2D eigenvalue weighted by Crippen LogP contribution is 2.30. The third kappa shape index (κ3) is 6.79. The quantitative estimate of drug-likeness (QED) is 0.333. The number of nitrogens with zero attached hydrogens (tertiary/aromatic N) is 3. The Morgan fingerprint density at radius 1 is 1.24 bits per heavy atom. The minimum absolute atomic E-state index is 0.0541. The van der Waals surface area contributed by atoms with Gasteiger partial charge in [-0.05, 0) is 76.0 Å². The standard InChI is InChI=1S/C29H40N4O4/c1-4-37-29(35)25(23-12-15-26(36-3)31-19-23)9-5-6-17-33-20(2)18-22(28(33)34)11-14-24-13-10-21-8-7-16-30-27(21)32-24/h10,12-13,15,19-20,22,25H,4-9,11,14,16-18H2,1-3H3,(H,30,32)/t20?,22-,25?/m0/s1. The molecular formula is C29H40N4O4. The van der Waals surface area contributed by atoms with E-state index in [1.54, 1.807) is 19.4 Å². The summed E-state index contributed by atoms with van der Waals surface area (Å²) in [5, 5.41) is 3.40. The van der Waals surface area contributed by atoms with E-state index in [0.29, 0.717) is 25.5 Å². The fraction of sp³-hybridized carbons (Fsp3) is 0.586. The van der Waals surface area contributed by atoms with Crippen molar-refractivity contribution in [3.63, 3.8) is 0 Å². The second kappa shape index (κ2) is 12.9. The number of aromatic nitrogens is 2. The number of ether oxygens (including phenoxy) is 2. The normalized spacial score (nSPS) is 19.8. The van der Waals surface area contributed by atoms with Crippen LogP contribution >= 0.6 is 0 Å². The summed E-state index contributed by atoms with van der Waals surface area (Å²) < 4.78 is 10.5. The van der Waals surface area contributed by atoms with E-state index in [0.717, 1.165) is 68.6 Å². The number of aryl methyl sites for hydroxylation is 2. The molecule has 2 aliphatic heterocycles. The third-order valence-corrected chi connectivity index (χ3v) is 7.57. The lowest BCUT2D eigenvalue weighted by Crippen LogP contribution is -2.33. The summed E-state index contributed by atoms with van der Waals surface area (Å²) in [5.41, 5.74) is 3.18. The first-order valence-electron chi connectivity index (χ1n) is 13.7. The summed E-state index contributed by atoms with van der Waals surface area (Å²) in [5.74, 6) is 1.25. The fourth-order valence-corrected chi connectivity index (χ4v) is 5.51. The van der Waals surface area contributed by atoms with Crippen molar-refractivity contribution in [3.05, 3.63) is 47.3 Å². The Morgan fingerprint density at radius 3 is 2.86 bits per heavy atom. The topological polar surface area (TPSA) is 93.7 Å². The summed E-state index contributed by atoms with van der Waals surface area (Å²) in [6.45, 7) is 6.00. The molecule has 2 aliphatic rings. The van der Waals surface area contributed by atoms with Crippen LogP contribution in [-0.2, 0) is 27.2 Å². The number of anilines is 1. The monoisotopic (exact) mass is 508 g/mol. The molecule has 37 heavy (non-hydrogen) atoms. The van der Waals surface area contributed by atoms with Crippen LogP contribution in [-0.4, -0.2) is 59.6 Å². The molecule has 200 valence electrons. The van der Waals surface area contributed by atoms with Gasteiger partial charge < -0.3 is 19.7 Å². The highest BCUT2D eigenvalue weighted by atomic mass is 16.5. The van der Waals surface area contributed by atoms with E-state index in [-0.39, 0.29) is 29.8 Å². The van der Waals surface area contributed by atoms with Crippen molar-refractivity contribution < 1.29 is 19.1 Å². The number of esters is 1. The average Bonchev–Trinajstić information content (AvgIpc) is 3.19. The van der Waals surface area contributed by atoms with E-state index in [1.807, 2.05) is 17.9 Å². The van der Waals surface area contributed by atoms with Gasteiger partial charge in [-0.25, -0.2) is 9.97 Å². The van der Waals surface area contributed by atoms with Crippen molar-refractivity contribution in [1.29, 1.82) is 0 Å². The van der Waals surface area contributed by atoms with Gasteiger partial charge in [-0.1, -0.05) is 18.6 Å². The van der Waals surface area contributed by atoms with E-state index in [1.165, 1.54) is 5.56 Å². The Kier molecular flexibility index (Phi) is 9.36. The summed E-state index contributed by atoms with van der Waals surface area (Å²) in [6, 6.07) is 8.17. The molecule has 1 N–H and O–H groups in total. The number of fused-ring (bicyclic) bond motifs is 1. The molecule has 8 nitrogen and oxygen atoms in total. The van der Waals surface area contributed by atoms with Crippen LogP contribution in [0.4, 0.5) is 5.82 Å². The molecule has 4 heterocycles. The molecule has 2 aromatic heterocycles. The van der Waals surface area contributed by atoms with Crippen LogP contribution < -0.4 is 10.1 Å². The van der Waals surface area contributed by atoms with Gasteiger partial charge in [-0.15, -0.1) is 0 Å². The first-order valence-corrected chi connectivity index (χ1v) is 13.7. The third-order valence-electron chi connectivity index (χ3n) is 7.57. The number of carbonyl (C=O) groups is 2. The lowest BCUT2D eigenvalue weighted by Gasteiger charge is -2.22. The lowest BCUT2D eigenvalue weighted by atomic mass is 9.94. The maximum atomic E-state index is 13.2. The van der Waals surface area contributed by atoms with Crippen LogP contribution in [0.1, 0.15) is 75.1 Å². The van der Waals surface area contributed by atoms with Crippen molar-refractivity contribution in [2.24, 2.45) is 5.92 Å². The molecular weight excluding hydrogens is 468 g/mol. The van der Waals surface area contributed by atoms with Crippen molar-refractivity contribution >= 4 is 17.7 Å². The van der Waals surface area contributed by atoms with Crippen LogP contribution in [0.15, 0.2) is 30.5 Å². The van der Waals surface area contributed by atoms with Gasteiger partial charge in [-0.2, -0.15) is 0 Å². The molecule has 0 bridgehead atoms. The zero-order valence-corrected chi connectivity index (χ0v) is 22.4. The number of carbonyl (C=O) groups excluding carboxylic acids is 2. The first-order chi connectivity index (χ1) is 18.0. The minimum Gasteiger partial charge on any atom is -0.481 e. The Hall–Kier alpha value is -3.16. The highest BCUT2D eigenvalue weighted by Gasteiger charge is 2.36. The van der Waals surface area contributed by atoms with Gasteiger partial charge >= 0.3 is 5.97 Å². The number of amides is 1. The molecule has 0 aliphatic carbocycles. The average molecular weight is 509 g/mol. The Balaban J connectivity index is 1.26. The van der Waals surface area contributed by atoms with Crippen molar-refractivity contribution in [1.82, 2.24) is 14.9 Å². The summed E-state index contributed by atoms with van der Waals surface area (Å²) in [4.78, 5) is 36.9. The lowest BCUT2D eigenvalue weighted by molar-refractivity contribution is -0.145. The van der Waals surface area contributed by atoms with Gasteiger partial charge in [-0.3, -0.25) is 9.59 Å². The zero-order chi connectivity index (χ0) is 26.2. The highest BCUT2D eigenvalue weighted by molar-refractivity contribution is 5.81. The van der Waals surface area contributed by atoms with Crippen molar-refractivity contribution in [2.75, 3.05) is 32.1 Å². The Morgan fingerprint density at radius 2 is 2.11 bits per heavy atom. The van der Waals surface area contributed by atoms with Crippen molar-refractivity contribution in [2.45, 2.75) is 77.2 Å². The smallest absolute Gasteiger partial charge is 0.313 e. The molecule has 3 atom stereocenters. The number of nitrogens with one attached hydrogen (secondary N) is 1. The predicted molar refractivity (Wildman–Crippen MR) is 143 cm³/mol. The predicted octanol–water partition coefficient (Wildman–Crippen LogP) is 4.53. The van der Waals surface area contributed by atoms with E-state index in [9.17, 15) is 9.59 Å². The largest absolute Gasteiger partial charge is 0.481 e. The van der Waals surface area contributed by atoms with E-state index < -0.39 is 0 Å². The molecule has 4 rings (SSSR count). The minimum atomic E-state index is -0.364. The van der Waals surface area contributed by atoms with E-state index in [4.69, 9.17) is 14.5 Å². The van der Waals surface area contributed by atoms with Crippen LogP contribution in [0.3, 0.4) is 0 Å². The fourth-order valence-electron chi connectivity index (χ4n) is 5.51. The number of pyridine rings is 2. The molecule has 1 fully saturated rings. The second-order valence-corrected chi connectivity index (χ2v) is 10.1. The zero-order valence-electron chi connectivity index (χ0n) is 22.4. The molecule has 0 aromatic carbocycles. The molecule has 0 spiro atoms. The van der Waals surface area contributed by atoms with Crippen molar-refractivity contribution in [3.8, 4) is 5.88 Å². The number of methoxy groups -OCH3 is 1. The van der Waals surface area contributed by atoms with Crippen LogP contribution in [0.5, 0.6) is 5.88 Å². The second-order valence-electron chi connectivity index (χ2n) is 10.1. The van der Waals surface area contributed by atoms with Crippen LogP contribution in [0, 0.1) is 5.92 Å². The number of hydrogen-bond donors (Lipinski definition) is 1. The van der Waals surface area contributed by atoms with Gasteiger partial charge in [0.15, 0.2) is 0 Å². The summed E-state index contributed by atoms with van der Waals surface area (Å²) in [7, 11) is 1.57. The van der Waals surface area contributed by atoms with Crippen LogP contribution in [0.25, 0.3) is 0 Å². The van der Waals surface area contributed by atoms with Gasteiger partial charge in [0.2, 0.25) is 11.8 Å².